The van der Waals surface area contributed by atoms with Crippen LogP contribution in [-0.4, -0.2) is 11.6 Å². The van der Waals surface area contributed by atoms with Crippen LogP contribution in [0, 0.1) is 15.9 Å². The Morgan fingerprint density at radius 2 is 1.92 bits per heavy atom. The lowest BCUT2D eigenvalue weighted by molar-refractivity contribution is -0.482. The molecule has 0 spiro atoms. The van der Waals surface area contributed by atoms with Crippen molar-refractivity contribution in [1.82, 2.24) is 0 Å². The summed E-state index contributed by atoms with van der Waals surface area (Å²) in [6, 6.07) is 8.46. The average Bonchev–Trinajstić information content (AvgIpc) is 2.49. The number of nitrogens with one attached hydrogen (secondary N) is 2. The van der Waals surface area contributed by atoms with E-state index in [1.165, 1.54) is 17.7 Å². The van der Waals surface area contributed by atoms with E-state index in [0.717, 1.165) is 6.54 Å². The molecule has 5 heteroatoms. The summed E-state index contributed by atoms with van der Waals surface area (Å²) in [6.07, 6.45) is 1.19. The molecule has 0 radical (unpaired) electrons. The van der Waals surface area contributed by atoms with Gasteiger partial charge in [0.15, 0.2) is 0 Å². The molecule has 0 saturated carbocycles. The van der Waals surface area contributed by atoms with Crippen LogP contribution in [0.2, 0.25) is 0 Å². The van der Waals surface area contributed by atoms with Gasteiger partial charge in [-0.05, 0) is 23.6 Å². The van der Waals surface area contributed by atoms with Gasteiger partial charge in [0.2, 0.25) is 0 Å². The van der Waals surface area contributed by atoms with E-state index in [4.69, 9.17) is 15.9 Å². The van der Waals surface area contributed by atoms with Crippen LogP contribution in [-0.2, 0) is 6.42 Å². The molecule has 1 aliphatic heterocycles. The van der Waals surface area contributed by atoms with Crippen LogP contribution in [0.4, 0.5) is 5.69 Å². The third-order valence-electron chi connectivity index (χ3n) is 1.73. The molecule has 0 unspecified atom stereocenters. The van der Waals surface area contributed by atoms with Crippen LogP contribution >= 0.6 is 0 Å². The van der Waals surface area contributed by atoms with Gasteiger partial charge in [0.1, 0.15) is 0 Å². The minimum atomic E-state index is -1.25. The van der Waals surface area contributed by atoms with Crippen LogP contribution in [0.3, 0.4) is 0 Å². The lowest BCUT2D eigenvalue weighted by atomic mass is 10.2. The predicted octanol–water partition coefficient (Wildman–Crippen LogP) is 1.68. The number of para-hydroxylation sites is 1. The second-order valence-corrected chi connectivity index (χ2v) is 2.59. The fourth-order valence-electron chi connectivity index (χ4n) is 1.24. The molecule has 5 nitrogen and oxygen atoms in total. The molecule has 2 rings (SSSR count). The molecule has 1 aromatic rings. The van der Waals surface area contributed by atoms with Crippen molar-refractivity contribution in [3.05, 3.63) is 40.2 Å². The first-order chi connectivity index (χ1) is 6.20. The van der Waals surface area contributed by atoms with Crippen molar-refractivity contribution in [3.8, 4) is 0 Å². The Balaban J connectivity index is 0.000000184. The number of nitrogens with zero attached hydrogens (tertiary/aromatic N) is 1. The fraction of sp³-hybridized carbons (Fsp3) is 0.250. The number of hydrogen-bond acceptors (Lipinski definition) is 4. The molecule has 0 bridgehead atoms. The summed E-state index contributed by atoms with van der Waals surface area (Å²) in [4.78, 5) is 0. The standard InChI is InChI=1S/C8H9N.HN2O2/c1-2-4-8-7(3-1)5-6-9-8;1-2(3)4/h1-4,9H,5-6H2;(H-,1,3,4)/q;-1. The number of benzene rings is 1. The van der Waals surface area contributed by atoms with Crippen LogP contribution in [0.1, 0.15) is 5.56 Å². The van der Waals surface area contributed by atoms with Crippen LogP contribution in [0.25, 0.3) is 0 Å². The monoisotopic (exact) mass is 180 g/mol. The smallest absolute Gasteiger partial charge is 0.0373 e. The maximum atomic E-state index is 8.47. The average molecular weight is 180 g/mol. The number of rotatable bonds is 0. The molecule has 1 aliphatic rings. The molecule has 70 valence electrons. The Kier molecular flexibility index (Phi) is 3.08. The van der Waals surface area contributed by atoms with Crippen molar-refractivity contribution < 1.29 is 5.02 Å². The van der Waals surface area contributed by atoms with Gasteiger partial charge in [-0.15, -0.1) is 0 Å². The van der Waals surface area contributed by atoms with E-state index in [2.05, 4.69) is 29.6 Å². The Morgan fingerprint density at radius 3 is 2.54 bits per heavy atom. The summed E-state index contributed by atoms with van der Waals surface area (Å²) in [5.41, 5.74) is 8.08. The first-order valence-corrected chi connectivity index (χ1v) is 3.87. The molecule has 1 aromatic carbocycles. The second-order valence-electron chi connectivity index (χ2n) is 2.59. The first kappa shape index (κ1) is 9.31. The lowest BCUT2D eigenvalue weighted by Gasteiger charge is -1.94. The van der Waals surface area contributed by atoms with Gasteiger partial charge in [-0.2, -0.15) is 0 Å². The van der Waals surface area contributed by atoms with Gasteiger partial charge in [-0.3, -0.25) is 0 Å². The minimum Gasteiger partial charge on any atom is -0.588 e. The number of anilines is 1. The Hall–Kier alpha value is -1.78. The SMILES string of the molecule is N=[N+]([O-])[O-].c1ccc2c(c1)CCN2. The molecule has 0 atom stereocenters. The fourth-order valence-corrected chi connectivity index (χ4v) is 1.24. The summed E-state index contributed by atoms with van der Waals surface area (Å²) >= 11 is 0. The van der Waals surface area contributed by atoms with Gasteiger partial charge in [0.05, 0.1) is 0 Å². The maximum absolute atomic E-state index is 8.47. The maximum Gasteiger partial charge on any atom is 0.0373 e. The van der Waals surface area contributed by atoms with Crippen molar-refractivity contribution in [2.75, 3.05) is 11.9 Å². The summed E-state index contributed by atoms with van der Waals surface area (Å²) < 4.78 is 0. The third-order valence-corrected chi connectivity index (χ3v) is 1.73. The number of fused-ring (bicyclic) bond motifs is 1. The van der Waals surface area contributed by atoms with Crippen molar-refractivity contribution in [2.24, 2.45) is 0 Å². The molecule has 0 aromatic heterocycles. The van der Waals surface area contributed by atoms with E-state index in [1.54, 1.807) is 0 Å². The lowest BCUT2D eigenvalue weighted by Crippen LogP contribution is -1.90. The van der Waals surface area contributed by atoms with E-state index < -0.39 is 5.02 Å². The highest BCUT2D eigenvalue weighted by molar-refractivity contribution is 5.54. The first-order valence-electron chi connectivity index (χ1n) is 3.87. The topological polar surface area (TPSA) is 85.0 Å². The Bertz CT molecular complexity index is 274. The van der Waals surface area contributed by atoms with Crippen LogP contribution in [0.5, 0.6) is 0 Å². The summed E-state index contributed by atoms with van der Waals surface area (Å²) in [5, 5.41) is 19.0. The molecule has 2 N–H and O–H groups in total. The molecule has 0 aliphatic carbocycles. The van der Waals surface area contributed by atoms with Gasteiger partial charge < -0.3 is 15.7 Å². The molecule has 1 heterocycles. The molecule has 13 heavy (non-hydrogen) atoms. The quantitative estimate of drug-likeness (QED) is 0.470. The van der Waals surface area contributed by atoms with Crippen LogP contribution < -0.4 is 5.32 Å². The van der Waals surface area contributed by atoms with E-state index in [-0.39, 0.29) is 0 Å². The molecule has 0 fully saturated rings. The summed E-state index contributed by atoms with van der Waals surface area (Å²) in [6.45, 7) is 1.11. The number of hydrogen-bond donors (Lipinski definition) is 2. The summed E-state index contributed by atoms with van der Waals surface area (Å²) in [5.74, 6) is 0. The van der Waals surface area contributed by atoms with Gasteiger partial charge >= 0.3 is 0 Å². The highest BCUT2D eigenvalue weighted by Gasteiger charge is 2.05. The van der Waals surface area contributed by atoms with Crippen LogP contribution in [0.15, 0.2) is 24.3 Å². The molecular formula is C8H10N3O2-. The highest BCUT2D eigenvalue weighted by atomic mass is 16.8. The van der Waals surface area contributed by atoms with E-state index in [0.29, 0.717) is 0 Å². The van der Waals surface area contributed by atoms with E-state index in [9.17, 15) is 0 Å². The Labute approximate surface area is 75.7 Å². The highest BCUT2D eigenvalue weighted by Crippen LogP contribution is 2.19. The van der Waals surface area contributed by atoms with E-state index in [1.807, 2.05) is 0 Å². The van der Waals surface area contributed by atoms with Crippen molar-refractivity contribution in [2.45, 2.75) is 6.42 Å². The zero-order chi connectivity index (χ0) is 9.68. The normalized spacial score (nSPS) is 12.0. The van der Waals surface area contributed by atoms with Gasteiger partial charge in [-0.25, -0.2) is 0 Å². The van der Waals surface area contributed by atoms with Gasteiger partial charge in [-0.1, -0.05) is 23.2 Å². The molecule has 0 saturated heterocycles. The van der Waals surface area contributed by atoms with Crippen molar-refractivity contribution in [3.63, 3.8) is 0 Å². The summed E-state index contributed by atoms with van der Waals surface area (Å²) in [7, 11) is 0. The largest absolute Gasteiger partial charge is 0.588 e. The Morgan fingerprint density at radius 1 is 1.31 bits per heavy atom. The zero-order valence-electron chi connectivity index (χ0n) is 6.99. The predicted molar refractivity (Wildman–Crippen MR) is 48.3 cm³/mol. The third kappa shape index (κ3) is 2.98. The van der Waals surface area contributed by atoms with Crippen molar-refractivity contribution >= 4 is 5.69 Å². The minimum absolute atomic E-state index is 1.11. The molecule has 0 amide bonds. The van der Waals surface area contributed by atoms with Gasteiger partial charge in [0, 0.05) is 12.2 Å². The zero-order valence-corrected chi connectivity index (χ0v) is 6.99. The second kappa shape index (κ2) is 4.30. The van der Waals surface area contributed by atoms with Crippen molar-refractivity contribution in [1.29, 1.82) is 5.53 Å². The van der Waals surface area contributed by atoms with E-state index >= 15 is 0 Å². The molecular weight excluding hydrogens is 170 g/mol. The van der Waals surface area contributed by atoms with Gasteiger partial charge in [0.25, 0.3) is 0 Å².